The molecule has 0 saturated carbocycles. The summed E-state index contributed by atoms with van der Waals surface area (Å²) in [4.78, 5) is 10.6. The lowest BCUT2D eigenvalue weighted by Crippen LogP contribution is -2.29. The highest BCUT2D eigenvalue weighted by molar-refractivity contribution is 5.47. The van der Waals surface area contributed by atoms with Gasteiger partial charge in [-0.2, -0.15) is 4.98 Å². The predicted octanol–water partition coefficient (Wildman–Crippen LogP) is 2.24. The maximum absolute atomic E-state index is 5.63. The van der Waals surface area contributed by atoms with Crippen molar-refractivity contribution in [2.24, 2.45) is 5.92 Å². The van der Waals surface area contributed by atoms with Crippen molar-refractivity contribution in [1.29, 1.82) is 0 Å². The molecular weight excluding hydrogens is 200 g/mol. The van der Waals surface area contributed by atoms with Crippen LogP contribution in [0.5, 0.6) is 0 Å². The standard InChI is InChI=1S/C12H22N4/c1-5-9(3)8-16(6-2)11-10(4)7-14-12(13)15-11/h7,9H,5-6,8H2,1-4H3,(H2,13,14,15). The second kappa shape index (κ2) is 5.68. The van der Waals surface area contributed by atoms with Crippen LogP contribution in [0.15, 0.2) is 6.20 Å². The van der Waals surface area contributed by atoms with Crippen molar-refractivity contribution in [2.45, 2.75) is 34.1 Å². The third-order valence-corrected chi connectivity index (χ3v) is 2.87. The summed E-state index contributed by atoms with van der Waals surface area (Å²) in [6.07, 6.45) is 2.97. The first-order chi connectivity index (χ1) is 7.58. The second-order valence-electron chi connectivity index (χ2n) is 4.29. The molecule has 0 radical (unpaired) electrons. The number of rotatable bonds is 5. The molecule has 0 fully saturated rings. The summed E-state index contributed by atoms with van der Waals surface area (Å²) in [5.74, 6) is 1.98. The Morgan fingerprint density at radius 2 is 2.12 bits per heavy atom. The van der Waals surface area contributed by atoms with E-state index in [0.29, 0.717) is 11.9 Å². The van der Waals surface area contributed by atoms with E-state index in [1.807, 2.05) is 6.92 Å². The number of hydrogen-bond donors (Lipinski definition) is 1. The molecule has 1 aromatic heterocycles. The molecule has 1 atom stereocenters. The average Bonchev–Trinajstić information content (AvgIpc) is 2.29. The van der Waals surface area contributed by atoms with E-state index in [9.17, 15) is 0 Å². The summed E-state index contributed by atoms with van der Waals surface area (Å²) in [6, 6.07) is 0. The van der Waals surface area contributed by atoms with Crippen LogP contribution in [0.2, 0.25) is 0 Å². The van der Waals surface area contributed by atoms with E-state index in [1.54, 1.807) is 6.20 Å². The van der Waals surface area contributed by atoms with Crippen LogP contribution < -0.4 is 10.6 Å². The fourth-order valence-electron chi connectivity index (χ4n) is 1.64. The Labute approximate surface area is 97.9 Å². The fraction of sp³-hybridized carbons (Fsp3) is 0.667. The van der Waals surface area contributed by atoms with Crippen molar-refractivity contribution in [3.8, 4) is 0 Å². The Kier molecular flexibility index (Phi) is 4.52. The van der Waals surface area contributed by atoms with E-state index in [1.165, 1.54) is 6.42 Å². The molecule has 0 spiro atoms. The van der Waals surface area contributed by atoms with Gasteiger partial charge in [0, 0.05) is 24.8 Å². The molecule has 0 bridgehead atoms. The van der Waals surface area contributed by atoms with Gasteiger partial charge in [0.2, 0.25) is 5.95 Å². The first-order valence-corrected chi connectivity index (χ1v) is 5.92. The van der Waals surface area contributed by atoms with Gasteiger partial charge in [-0.05, 0) is 19.8 Å². The number of nitrogens with zero attached hydrogens (tertiary/aromatic N) is 3. The van der Waals surface area contributed by atoms with E-state index < -0.39 is 0 Å². The molecule has 0 aliphatic heterocycles. The molecule has 1 aromatic rings. The van der Waals surface area contributed by atoms with Gasteiger partial charge in [0.1, 0.15) is 5.82 Å². The molecule has 4 heteroatoms. The zero-order chi connectivity index (χ0) is 12.1. The zero-order valence-electron chi connectivity index (χ0n) is 10.7. The quantitative estimate of drug-likeness (QED) is 0.830. The van der Waals surface area contributed by atoms with Crippen LogP contribution in [0.1, 0.15) is 32.8 Å². The smallest absolute Gasteiger partial charge is 0.221 e. The Balaban J connectivity index is 2.89. The SMILES string of the molecule is CCC(C)CN(CC)c1nc(N)ncc1C. The van der Waals surface area contributed by atoms with Crippen molar-refractivity contribution in [1.82, 2.24) is 9.97 Å². The predicted molar refractivity (Wildman–Crippen MR) is 68.5 cm³/mol. The number of aromatic nitrogens is 2. The Hall–Kier alpha value is -1.32. The number of aryl methyl sites for hydroxylation is 1. The molecule has 16 heavy (non-hydrogen) atoms. The average molecular weight is 222 g/mol. The third-order valence-electron chi connectivity index (χ3n) is 2.87. The fourth-order valence-corrected chi connectivity index (χ4v) is 1.64. The highest BCUT2D eigenvalue weighted by atomic mass is 15.2. The van der Waals surface area contributed by atoms with Crippen molar-refractivity contribution >= 4 is 11.8 Å². The van der Waals surface area contributed by atoms with Crippen molar-refractivity contribution in [2.75, 3.05) is 23.7 Å². The molecule has 0 saturated heterocycles. The van der Waals surface area contributed by atoms with Crippen LogP contribution in [0, 0.1) is 12.8 Å². The number of anilines is 2. The Bertz CT molecular complexity index is 338. The van der Waals surface area contributed by atoms with Crippen LogP contribution in [0.4, 0.5) is 11.8 Å². The summed E-state index contributed by atoms with van der Waals surface area (Å²) in [6.45, 7) is 10.6. The van der Waals surface area contributed by atoms with Crippen molar-refractivity contribution in [3.05, 3.63) is 11.8 Å². The minimum Gasteiger partial charge on any atom is -0.368 e. The Morgan fingerprint density at radius 1 is 1.44 bits per heavy atom. The van der Waals surface area contributed by atoms with Crippen LogP contribution in [-0.2, 0) is 0 Å². The first-order valence-electron chi connectivity index (χ1n) is 5.92. The number of hydrogen-bond acceptors (Lipinski definition) is 4. The van der Waals surface area contributed by atoms with Gasteiger partial charge in [-0.3, -0.25) is 0 Å². The van der Waals surface area contributed by atoms with E-state index >= 15 is 0 Å². The molecule has 0 amide bonds. The van der Waals surface area contributed by atoms with E-state index in [4.69, 9.17) is 5.73 Å². The van der Waals surface area contributed by atoms with Crippen LogP contribution in [0.25, 0.3) is 0 Å². The summed E-state index contributed by atoms with van der Waals surface area (Å²) < 4.78 is 0. The lowest BCUT2D eigenvalue weighted by molar-refractivity contribution is 0.545. The second-order valence-corrected chi connectivity index (χ2v) is 4.29. The molecule has 0 aromatic carbocycles. The van der Waals surface area contributed by atoms with Gasteiger partial charge in [-0.25, -0.2) is 4.98 Å². The van der Waals surface area contributed by atoms with Gasteiger partial charge in [0.05, 0.1) is 0 Å². The van der Waals surface area contributed by atoms with Gasteiger partial charge < -0.3 is 10.6 Å². The van der Waals surface area contributed by atoms with Crippen LogP contribution >= 0.6 is 0 Å². The topological polar surface area (TPSA) is 55.0 Å². The summed E-state index contributed by atoms with van der Waals surface area (Å²) >= 11 is 0. The summed E-state index contributed by atoms with van der Waals surface area (Å²) in [5.41, 5.74) is 6.72. The largest absolute Gasteiger partial charge is 0.368 e. The molecule has 1 rings (SSSR count). The van der Waals surface area contributed by atoms with Gasteiger partial charge in [0.15, 0.2) is 0 Å². The highest BCUT2D eigenvalue weighted by Gasteiger charge is 2.12. The van der Waals surface area contributed by atoms with Crippen LogP contribution in [-0.4, -0.2) is 23.1 Å². The van der Waals surface area contributed by atoms with Gasteiger partial charge in [0.25, 0.3) is 0 Å². The van der Waals surface area contributed by atoms with E-state index in [-0.39, 0.29) is 0 Å². The molecular formula is C12H22N4. The van der Waals surface area contributed by atoms with Gasteiger partial charge in [-0.15, -0.1) is 0 Å². The molecule has 0 aliphatic carbocycles. The molecule has 2 N–H and O–H groups in total. The first kappa shape index (κ1) is 12.7. The molecule has 90 valence electrons. The highest BCUT2D eigenvalue weighted by Crippen LogP contribution is 2.18. The maximum atomic E-state index is 5.63. The molecule has 0 aliphatic rings. The third kappa shape index (κ3) is 3.08. The van der Waals surface area contributed by atoms with Gasteiger partial charge in [-0.1, -0.05) is 20.3 Å². The Morgan fingerprint density at radius 3 is 2.69 bits per heavy atom. The molecule has 4 nitrogen and oxygen atoms in total. The van der Waals surface area contributed by atoms with E-state index in [2.05, 4.69) is 35.6 Å². The van der Waals surface area contributed by atoms with E-state index in [0.717, 1.165) is 24.5 Å². The lowest BCUT2D eigenvalue weighted by Gasteiger charge is -2.26. The minimum absolute atomic E-state index is 0.350. The van der Waals surface area contributed by atoms with Crippen molar-refractivity contribution in [3.63, 3.8) is 0 Å². The monoisotopic (exact) mass is 222 g/mol. The van der Waals surface area contributed by atoms with Crippen LogP contribution in [0.3, 0.4) is 0 Å². The zero-order valence-corrected chi connectivity index (χ0v) is 10.7. The maximum Gasteiger partial charge on any atom is 0.221 e. The lowest BCUT2D eigenvalue weighted by atomic mass is 10.1. The number of nitrogen functional groups attached to an aromatic ring is 1. The van der Waals surface area contributed by atoms with Crippen molar-refractivity contribution < 1.29 is 0 Å². The summed E-state index contributed by atoms with van der Waals surface area (Å²) in [7, 11) is 0. The number of nitrogens with two attached hydrogens (primary N) is 1. The van der Waals surface area contributed by atoms with Gasteiger partial charge >= 0.3 is 0 Å². The minimum atomic E-state index is 0.350. The molecule has 1 unspecified atom stereocenters. The molecule has 1 heterocycles. The normalized spacial score (nSPS) is 12.5. The summed E-state index contributed by atoms with van der Waals surface area (Å²) in [5, 5.41) is 0.